The van der Waals surface area contributed by atoms with Crippen LogP contribution in [0.3, 0.4) is 0 Å². The number of ketones is 2. The summed E-state index contributed by atoms with van der Waals surface area (Å²) in [5.41, 5.74) is 1.37. The third kappa shape index (κ3) is 2.10. The number of allylic oxidation sites excluding steroid dienone is 6. The number of carbonyl (C=O) groups excluding carboxylic acids is 2. The normalized spacial score (nSPS) is 30.2. The molecule has 22 heavy (non-hydrogen) atoms. The quantitative estimate of drug-likeness (QED) is 0.593. The van der Waals surface area contributed by atoms with Crippen LogP contribution in [0.5, 0.6) is 0 Å². The van der Waals surface area contributed by atoms with E-state index in [1.807, 2.05) is 18.0 Å². The Hall–Kier alpha value is -1.94. The molecule has 0 fully saturated rings. The number of halogens is 1. The molecule has 2 aliphatic carbocycles. The highest BCUT2D eigenvalue weighted by Gasteiger charge is 2.45. The van der Waals surface area contributed by atoms with E-state index in [9.17, 15) is 9.59 Å². The van der Waals surface area contributed by atoms with Gasteiger partial charge in [0.15, 0.2) is 11.6 Å². The molecule has 3 rings (SSSR count). The number of Topliss-reactive ketones (excluding diaryl/α,β-unsaturated/α-hetero) is 2. The van der Waals surface area contributed by atoms with E-state index in [0.29, 0.717) is 17.8 Å². The van der Waals surface area contributed by atoms with Gasteiger partial charge in [-0.3, -0.25) is 9.59 Å². The minimum Gasteiger partial charge on any atom is -0.361 e. The first-order valence-corrected chi connectivity index (χ1v) is 7.78. The van der Waals surface area contributed by atoms with E-state index in [1.54, 1.807) is 24.3 Å². The van der Waals surface area contributed by atoms with Crippen LogP contribution in [-0.4, -0.2) is 41.1 Å². The van der Waals surface area contributed by atoms with Crippen LogP contribution in [0.2, 0.25) is 0 Å². The second-order valence-electron chi connectivity index (χ2n) is 5.63. The summed E-state index contributed by atoms with van der Waals surface area (Å²) in [6.45, 7) is 3.75. The predicted octanol–water partition coefficient (Wildman–Crippen LogP) is 2.28. The maximum atomic E-state index is 12.8. The van der Waals surface area contributed by atoms with Gasteiger partial charge in [-0.1, -0.05) is 30.4 Å². The summed E-state index contributed by atoms with van der Waals surface area (Å²) < 4.78 is 0. The summed E-state index contributed by atoms with van der Waals surface area (Å²) in [6.07, 6.45) is 9.60. The predicted molar refractivity (Wildman–Crippen MR) is 86.8 cm³/mol. The Balaban J connectivity index is 2.12. The van der Waals surface area contributed by atoms with Crippen molar-refractivity contribution in [3.05, 3.63) is 48.4 Å². The largest absolute Gasteiger partial charge is 0.361 e. The van der Waals surface area contributed by atoms with Crippen molar-refractivity contribution in [3.63, 3.8) is 0 Å². The van der Waals surface area contributed by atoms with E-state index in [1.165, 1.54) is 0 Å². The highest BCUT2D eigenvalue weighted by Crippen LogP contribution is 2.37. The summed E-state index contributed by atoms with van der Waals surface area (Å²) in [6, 6.07) is -0.120. The van der Waals surface area contributed by atoms with Crippen LogP contribution in [0.25, 0.3) is 0 Å². The monoisotopic (exact) mass is 316 g/mol. The minimum absolute atomic E-state index is 0.0471. The highest BCUT2D eigenvalue weighted by atomic mass is 35.5. The van der Waals surface area contributed by atoms with Gasteiger partial charge in [0, 0.05) is 7.05 Å². The molecule has 0 saturated carbocycles. The summed E-state index contributed by atoms with van der Waals surface area (Å²) in [4.78, 5) is 31.8. The second kappa shape index (κ2) is 5.69. The molecular weight excluding hydrogens is 300 g/mol. The van der Waals surface area contributed by atoms with Gasteiger partial charge in [-0.15, -0.1) is 18.2 Å². The van der Waals surface area contributed by atoms with Crippen molar-refractivity contribution in [3.8, 4) is 0 Å². The molecule has 0 aromatic rings. The van der Waals surface area contributed by atoms with Crippen molar-refractivity contribution in [1.82, 2.24) is 4.90 Å². The van der Waals surface area contributed by atoms with Crippen molar-refractivity contribution in [1.29, 1.82) is 0 Å². The van der Waals surface area contributed by atoms with E-state index in [4.69, 9.17) is 11.6 Å². The van der Waals surface area contributed by atoms with Crippen LogP contribution in [0, 0.1) is 11.8 Å². The fraction of sp³-hybridized carbons (Fsp3) is 0.353. The van der Waals surface area contributed by atoms with E-state index in [-0.39, 0.29) is 29.2 Å². The van der Waals surface area contributed by atoms with Crippen LogP contribution >= 0.6 is 11.6 Å². The average Bonchev–Trinajstić information content (AvgIpc) is 2.54. The molecule has 1 heterocycles. The van der Waals surface area contributed by atoms with Gasteiger partial charge >= 0.3 is 0 Å². The Morgan fingerprint density at radius 1 is 1.27 bits per heavy atom. The zero-order valence-corrected chi connectivity index (χ0v) is 13.1. The highest BCUT2D eigenvalue weighted by molar-refractivity contribution is 6.30. The lowest BCUT2D eigenvalue weighted by atomic mass is 9.75. The number of hydrogen-bond donors (Lipinski definition) is 0. The molecule has 0 bridgehead atoms. The molecule has 114 valence electrons. The molecule has 0 saturated heterocycles. The number of hydrogen-bond acceptors (Lipinski definition) is 4. The van der Waals surface area contributed by atoms with E-state index < -0.39 is 11.8 Å². The zero-order chi connectivity index (χ0) is 15.9. The summed E-state index contributed by atoms with van der Waals surface area (Å²) in [5.74, 6) is -0.789. The van der Waals surface area contributed by atoms with Gasteiger partial charge in [0.05, 0.1) is 29.5 Å². The second-order valence-corrected chi connectivity index (χ2v) is 5.90. The summed E-state index contributed by atoms with van der Waals surface area (Å²) in [5, 5.41) is 0. The lowest BCUT2D eigenvalue weighted by molar-refractivity contribution is -0.129. The molecule has 0 aromatic heterocycles. The van der Waals surface area contributed by atoms with Gasteiger partial charge < -0.3 is 4.90 Å². The lowest BCUT2D eigenvalue weighted by Crippen LogP contribution is -2.49. The number of alkyl halides is 1. The van der Waals surface area contributed by atoms with Crippen molar-refractivity contribution in [2.24, 2.45) is 16.8 Å². The SMILES string of the molecule is C=CCC1C(CCl)=NC2=C(C(=O)C3C=CC=CC3C2=O)N1C. The first-order chi connectivity index (χ1) is 10.6. The van der Waals surface area contributed by atoms with Crippen LogP contribution in [0.1, 0.15) is 6.42 Å². The lowest BCUT2D eigenvalue weighted by Gasteiger charge is -2.40. The van der Waals surface area contributed by atoms with E-state index in [2.05, 4.69) is 11.6 Å². The maximum absolute atomic E-state index is 12.8. The Morgan fingerprint density at radius 3 is 2.50 bits per heavy atom. The summed E-state index contributed by atoms with van der Waals surface area (Å²) >= 11 is 5.99. The number of likely N-dealkylation sites (N-methyl/N-ethyl adjacent to an activating group) is 1. The molecule has 4 nitrogen and oxygen atoms in total. The van der Waals surface area contributed by atoms with Crippen molar-refractivity contribution >= 4 is 28.9 Å². The van der Waals surface area contributed by atoms with Crippen LogP contribution in [0.4, 0.5) is 0 Å². The number of fused-ring (bicyclic) bond motifs is 1. The molecule has 3 unspecified atom stereocenters. The number of aliphatic imine (C=N–C) groups is 1. The Morgan fingerprint density at radius 2 is 1.91 bits per heavy atom. The standard InChI is InChI=1S/C17H17ClN2O2/c1-3-6-13-12(9-18)19-14-15(20(13)2)17(22)11-8-5-4-7-10(11)16(14)21/h3-5,7-8,10-11,13H,1,6,9H2,2H3. The Labute approximate surface area is 134 Å². The first kappa shape index (κ1) is 15.0. The minimum atomic E-state index is -0.444. The van der Waals surface area contributed by atoms with Crippen LogP contribution < -0.4 is 0 Å². The van der Waals surface area contributed by atoms with Gasteiger partial charge in [-0.2, -0.15) is 0 Å². The topological polar surface area (TPSA) is 49.7 Å². The van der Waals surface area contributed by atoms with Crippen molar-refractivity contribution < 1.29 is 9.59 Å². The van der Waals surface area contributed by atoms with Crippen LogP contribution in [-0.2, 0) is 9.59 Å². The van der Waals surface area contributed by atoms with E-state index in [0.717, 1.165) is 0 Å². The number of carbonyl (C=O) groups is 2. The van der Waals surface area contributed by atoms with Crippen LogP contribution in [0.15, 0.2) is 53.3 Å². The van der Waals surface area contributed by atoms with Crippen molar-refractivity contribution in [2.75, 3.05) is 12.9 Å². The molecule has 3 aliphatic rings. The molecular formula is C17H17ClN2O2. The first-order valence-electron chi connectivity index (χ1n) is 7.25. The Kier molecular flexibility index (Phi) is 3.87. The number of nitrogens with zero attached hydrogens (tertiary/aromatic N) is 2. The molecule has 5 heteroatoms. The fourth-order valence-corrected chi connectivity index (χ4v) is 3.51. The van der Waals surface area contributed by atoms with Gasteiger partial charge in [0.2, 0.25) is 0 Å². The molecule has 3 atom stereocenters. The molecule has 0 radical (unpaired) electrons. The maximum Gasteiger partial charge on any atom is 0.191 e. The zero-order valence-electron chi connectivity index (χ0n) is 12.3. The smallest absolute Gasteiger partial charge is 0.191 e. The third-order valence-electron chi connectivity index (χ3n) is 4.42. The average molecular weight is 317 g/mol. The van der Waals surface area contributed by atoms with Gasteiger partial charge in [-0.05, 0) is 6.42 Å². The molecule has 0 amide bonds. The molecule has 0 aromatic carbocycles. The van der Waals surface area contributed by atoms with Crippen molar-refractivity contribution in [2.45, 2.75) is 12.5 Å². The molecule has 1 aliphatic heterocycles. The van der Waals surface area contributed by atoms with E-state index >= 15 is 0 Å². The molecule has 0 spiro atoms. The Bertz CT molecular complexity index is 672. The van der Waals surface area contributed by atoms with Gasteiger partial charge in [0.1, 0.15) is 11.4 Å². The molecule has 0 N–H and O–H groups in total. The third-order valence-corrected chi connectivity index (χ3v) is 4.69. The summed E-state index contributed by atoms with van der Waals surface area (Å²) in [7, 11) is 1.82. The number of rotatable bonds is 3. The van der Waals surface area contributed by atoms with Gasteiger partial charge in [-0.25, -0.2) is 4.99 Å². The van der Waals surface area contributed by atoms with Gasteiger partial charge in [0.25, 0.3) is 0 Å². The fourth-order valence-electron chi connectivity index (χ4n) is 3.27.